The molecule has 3 aromatic rings. The number of ether oxygens (including phenoxy) is 1. The van der Waals surface area contributed by atoms with Crippen molar-refractivity contribution in [3.8, 4) is 17.1 Å². The zero-order valence-corrected chi connectivity index (χ0v) is 13.4. The number of carboxylic acid groups (broad SMARTS) is 1. The summed E-state index contributed by atoms with van der Waals surface area (Å²) >= 11 is 0. The molecule has 128 valence electrons. The molecular formula is C19H16O6. The van der Waals surface area contributed by atoms with E-state index in [-0.39, 0.29) is 28.9 Å². The Hall–Kier alpha value is -3.12. The minimum atomic E-state index is -1.10. The number of aliphatic hydroxyl groups excluding tert-OH is 1. The molecule has 6 nitrogen and oxygen atoms in total. The number of aliphatic hydroxyl groups is 1. The van der Waals surface area contributed by atoms with Crippen molar-refractivity contribution in [1.29, 1.82) is 0 Å². The lowest BCUT2D eigenvalue weighted by Gasteiger charge is -2.12. The average Bonchev–Trinajstić information content (AvgIpc) is 2.59. The van der Waals surface area contributed by atoms with Gasteiger partial charge in [-0.3, -0.25) is 4.79 Å². The molecule has 0 aliphatic rings. The monoisotopic (exact) mass is 340 g/mol. The van der Waals surface area contributed by atoms with Crippen molar-refractivity contribution in [3.63, 3.8) is 0 Å². The molecule has 0 bridgehead atoms. The Morgan fingerprint density at radius 2 is 1.96 bits per heavy atom. The lowest BCUT2D eigenvalue weighted by Crippen LogP contribution is -2.13. The lowest BCUT2D eigenvalue weighted by atomic mass is 10.1. The van der Waals surface area contributed by atoms with Gasteiger partial charge in [0.1, 0.15) is 23.7 Å². The molecule has 25 heavy (non-hydrogen) atoms. The Bertz CT molecular complexity index is 987. The molecule has 3 rings (SSSR count). The van der Waals surface area contributed by atoms with Crippen molar-refractivity contribution in [2.75, 3.05) is 6.61 Å². The first-order valence-corrected chi connectivity index (χ1v) is 7.67. The molecule has 0 saturated heterocycles. The Kier molecular flexibility index (Phi) is 4.54. The summed E-state index contributed by atoms with van der Waals surface area (Å²) in [6.45, 7) is 1.70. The number of carboxylic acids is 1. The number of fused-ring (bicyclic) bond motifs is 1. The van der Waals surface area contributed by atoms with Crippen LogP contribution in [0.2, 0.25) is 0 Å². The van der Waals surface area contributed by atoms with Gasteiger partial charge in [-0.2, -0.15) is 0 Å². The standard InChI is InChI=1S/C19H16O6/c1-11(20)10-24-16-5-3-2-4-14(16)18-9-15(21)13-7-6-12(19(22)23)8-17(13)25-18/h2-9,11,20H,10H2,1H3,(H,22,23). The largest absolute Gasteiger partial charge is 0.490 e. The van der Waals surface area contributed by atoms with Crippen molar-refractivity contribution < 1.29 is 24.2 Å². The van der Waals surface area contributed by atoms with E-state index < -0.39 is 12.1 Å². The smallest absolute Gasteiger partial charge is 0.335 e. The van der Waals surface area contributed by atoms with Gasteiger partial charge in [0.2, 0.25) is 0 Å². The molecule has 0 spiro atoms. The van der Waals surface area contributed by atoms with Gasteiger partial charge in [0.15, 0.2) is 5.43 Å². The molecule has 0 aliphatic carbocycles. The van der Waals surface area contributed by atoms with Gasteiger partial charge in [-0.25, -0.2) is 4.79 Å². The number of benzene rings is 2. The van der Waals surface area contributed by atoms with E-state index in [1.807, 2.05) is 0 Å². The van der Waals surface area contributed by atoms with Crippen LogP contribution in [0.3, 0.4) is 0 Å². The van der Waals surface area contributed by atoms with Gasteiger partial charge in [0, 0.05) is 6.07 Å². The Labute approximate surface area is 142 Å². The predicted molar refractivity (Wildman–Crippen MR) is 92.1 cm³/mol. The first-order chi connectivity index (χ1) is 12.0. The van der Waals surface area contributed by atoms with Crippen molar-refractivity contribution in [1.82, 2.24) is 0 Å². The van der Waals surface area contributed by atoms with Crippen LogP contribution in [0, 0.1) is 0 Å². The topological polar surface area (TPSA) is 97.0 Å². The van der Waals surface area contributed by atoms with E-state index >= 15 is 0 Å². The number of hydrogen-bond acceptors (Lipinski definition) is 5. The van der Waals surface area contributed by atoms with Gasteiger partial charge >= 0.3 is 5.97 Å². The highest BCUT2D eigenvalue weighted by atomic mass is 16.5. The maximum Gasteiger partial charge on any atom is 0.335 e. The number of aromatic carboxylic acids is 1. The molecule has 2 aromatic carbocycles. The van der Waals surface area contributed by atoms with E-state index in [0.717, 1.165) is 0 Å². The highest BCUT2D eigenvalue weighted by Gasteiger charge is 2.13. The fraction of sp³-hybridized carbons (Fsp3) is 0.158. The molecule has 1 atom stereocenters. The van der Waals surface area contributed by atoms with Gasteiger partial charge in [-0.1, -0.05) is 12.1 Å². The minimum Gasteiger partial charge on any atom is -0.490 e. The van der Waals surface area contributed by atoms with Crippen LogP contribution in [-0.4, -0.2) is 28.9 Å². The van der Waals surface area contributed by atoms with E-state index in [1.165, 1.54) is 24.3 Å². The van der Waals surface area contributed by atoms with Crippen LogP contribution >= 0.6 is 0 Å². The Balaban J connectivity index is 2.13. The molecule has 0 radical (unpaired) electrons. The molecule has 0 aliphatic heterocycles. The van der Waals surface area contributed by atoms with Crippen molar-refractivity contribution in [2.24, 2.45) is 0 Å². The summed E-state index contributed by atoms with van der Waals surface area (Å²) in [6, 6.07) is 12.4. The summed E-state index contributed by atoms with van der Waals surface area (Å²) in [5.41, 5.74) is 0.487. The molecule has 0 amide bonds. The summed E-state index contributed by atoms with van der Waals surface area (Å²) in [6.07, 6.45) is -0.644. The number of carbonyl (C=O) groups is 1. The van der Waals surface area contributed by atoms with Crippen LogP contribution in [0.15, 0.2) is 57.7 Å². The highest BCUT2D eigenvalue weighted by Crippen LogP contribution is 2.31. The van der Waals surface area contributed by atoms with E-state index in [4.69, 9.17) is 14.3 Å². The molecular weight excluding hydrogens is 324 g/mol. The Morgan fingerprint density at radius 1 is 1.20 bits per heavy atom. The minimum absolute atomic E-state index is 0.0337. The lowest BCUT2D eigenvalue weighted by molar-refractivity contribution is 0.0697. The van der Waals surface area contributed by atoms with Gasteiger partial charge in [-0.15, -0.1) is 0 Å². The van der Waals surface area contributed by atoms with Crippen molar-refractivity contribution in [2.45, 2.75) is 13.0 Å². The van der Waals surface area contributed by atoms with Crippen LogP contribution in [0.1, 0.15) is 17.3 Å². The van der Waals surface area contributed by atoms with Crippen LogP contribution in [0.25, 0.3) is 22.3 Å². The molecule has 0 saturated carbocycles. The first kappa shape index (κ1) is 16.7. The van der Waals surface area contributed by atoms with Crippen LogP contribution < -0.4 is 10.2 Å². The maximum atomic E-state index is 12.3. The van der Waals surface area contributed by atoms with Crippen LogP contribution in [-0.2, 0) is 0 Å². The third kappa shape index (κ3) is 3.54. The number of hydrogen-bond donors (Lipinski definition) is 2. The third-order valence-electron chi connectivity index (χ3n) is 3.61. The summed E-state index contributed by atoms with van der Waals surface area (Å²) < 4.78 is 11.3. The van der Waals surface area contributed by atoms with Crippen molar-refractivity contribution >= 4 is 16.9 Å². The molecule has 1 aromatic heterocycles. The summed E-state index contributed by atoms with van der Waals surface area (Å²) in [4.78, 5) is 23.5. The quantitative estimate of drug-likeness (QED) is 0.741. The predicted octanol–water partition coefficient (Wildman–Crippen LogP) is 2.92. The summed E-state index contributed by atoms with van der Waals surface area (Å²) in [5.74, 6) is -0.378. The molecule has 6 heteroatoms. The summed E-state index contributed by atoms with van der Waals surface area (Å²) in [7, 11) is 0. The first-order valence-electron chi connectivity index (χ1n) is 7.67. The van der Waals surface area contributed by atoms with Gasteiger partial charge in [0.25, 0.3) is 0 Å². The Morgan fingerprint density at radius 3 is 2.68 bits per heavy atom. The van der Waals surface area contributed by atoms with E-state index in [9.17, 15) is 14.7 Å². The molecule has 2 N–H and O–H groups in total. The SMILES string of the molecule is CC(O)COc1ccccc1-c1cc(=O)c2ccc(C(=O)O)cc2o1. The second-order valence-corrected chi connectivity index (χ2v) is 5.65. The van der Waals surface area contributed by atoms with Gasteiger partial charge < -0.3 is 19.4 Å². The fourth-order valence-electron chi connectivity index (χ4n) is 2.43. The van der Waals surface area contributed by atoms with E-state index in [2.05, 4.69) is 0 Å². The van der Waals surface area contributed by atoms with E-state index in [1.54, 1.807) is 31.2 Å². The average molecular weight is 340 g/mol. The van der Waals surface area contributed by atoms with Crippen LogP contribution in [0.4, 0.5) is 0 Å². The maximum absolute atomic E-state index is 12.3. The number of para-hydroxylation sites is 1. The zero-order valence-electron chi connectivity index (χ0n) is 13.4. The fourth-order valence-corrected chi connectivity index (χ4v) is 2.43. The summed E-state index contributed by atoms with van der Waals surface area (Å²) in [5, 5.41) is 18.8. The molecule has 1 heterocycles. The van der Waals surface area contributed by atoms with E-state index in [0.29, 0.717) is 16.7 Å². The molecule has 0 fully saturated rings. The zero-order chi connectivity index (χ0) is 18.0. The van der Waals surface area contributed by atoms with Crippen molar-refractivity contribution in [3.05, 3.63) is 64.3 Å². The van der Waals surface area contributed by atoms with Gasteiger partial charge in [-0.05, 0) is 37.3 Å². The highest BCUT2D eigenvalue weighted by molar-refractivity contribution is 5.92. The second kappa shape index (κ2) is 6.78. The third-order valence-corrected chi connectivity index (χ3v) is 3.61. The number of rotatable bonds is 5. The normalized spacial score (nSPS) is 12.1. The molecule has 1 unspecified atom stereocenters. The van der Waals surface area contributed by atoms with Crippen LogP contribution in [0.5, 0.6) is 5.75 Å². The second-order valence-electron chi connectivity index (χ2n) is 5.65. The van der Waals surface area contributed by atoms with Gasteiger partial charge in [0.05, 0.1) is 22.6 Å².